The first kappa shape index (κ1) is 15.4. The molecule has 106 valence electrons. The molecule has 0 atom stereocenters. The van der Waals surface area contributed by atoms with Gasteiger partial charge < -0.3 is 10.1 Å². The molecular formula is C16H17BrClNO. The quantitative estimate of drug-likeness (QED) is 0.785. The normalized spacial score (nSPS) is 10.6. The van der Waals surface area contributed by atoms with Gasteiger partial charge in [-0.3, -0.25) is 0 Å². The Morgan fingerprint density at radius 3 is 2.65 bits per heavy atom. The first-order valence-electron chi connectivity index (χ1n) is 6.53. The summed E-state index contributed by atoms with van der Waals surface area (Å²) < 4.78 is 6.95. The predicted molar refractivity (Wildman–Crippen MR) is 87.8 cm³/mol. The lowest BCUT2D eigenvalue weighted by atomic mass is 10.2. The van der Waals surface area contributed by atoms with Gasteiger partial charge in [-0.2, -0.15) is 0 Å². The average Bonchev–Trinajstić information content (AvgIpc) is 2.41. The molecule has 1 N–H and O–H groups in total. The molecule has 0 unspecified atom stereocenters. The van der Waals surface area contributed by atoms with Gasteiger partial charge >= 0.3 is 0 Å². The van der Waals surface area contributed by atoms with Crippen molar-refractivity contribution in [3.63, 3.8) is 0 Å². The fourth-order valence-electron chi connectivity index (χ4n) is 1.84. The third-order valence-electron chi connectivity index (χ3n) is 2.90. The Bertz CT molecular complexity index is 601. The van der Waals surface area contributed by atoms with E-state index in [0.717, 1.165) is 34.4 Å². The first-order valence-corrected chi connectivity index (χ1v) is 7.70. The Morgan fingerprint density at radius 2 is 1.95 bits per heavy atom. The molecule has 4 heteroatoms. The zero-order valence-corrected chi connectivity index (χ0v) is 13.9. The van der Waals surface area contributed by atoms with Gasteiger partial charge in [0.15, 0.2) is 0 Å². The fraction of sp³-hybridized carbons (Fsp3) is 0.250. The van der Waals surface area contributed by atoms with Crippen LogP contribution in [0.4, 0.5) is 0 Å². The molecule has 2 nitrogen and oxygen atoms in total. The summed E-state index contributed by atoms with van der Waals surface area (Å²) in [5, 5.41) is 3.93. The van der Waals surface area contributed by atoms with E-state index in [1.807, 2.05) is 43.3 Å². The van der Waals surface area contributed by atoms with E-state index in [2.05, 4.69) is 28.2 Å². The van der Waals surface area contributed by atoms with Crippen molar-refractivity contribution in [3.8, 4) is 11.5 Å². The molecule has 2 aromatic carbocycles. The minimum atomic E-state index is 0.624. The van der Waals surface area contributed by atoms with Crippen LogP contribution in [0.5, 0.6) is 11.5 Å². The molecule has 0 aliphatic carbocycles. The minimum Gasteiger partial charge on any atom is -0.455 e. The lowest BCUT2D eigenvalue weighted by Gasteiger charge is -2.13. The van der Waals surface area contributed by atoms with Crippen LogP contribution in [-0.4, -0.2) is 6.54 Å². The fourth-order valence-corrected chi connectivity index (χ4v) is 2.45. The highest BCUT2D eigenvalue weighted by molar-refractivity contribution is 9.10. The van der Waals surface area contributed by atoms with Crippen LogP contribution in [-0.2, 0) is 6.54 Å². The van der Waals surface area contributed by atoms with Gasteiger partial charge in [-0.1, -0.05) is 46.6 Å². The summed E-state index contributed by atoms with van der Waals surface area (Å²) in [7, 11) is 0. The monoisotopic (exact) mass is 353 g/mol. The van der Waals surface area contributed by atoms with Crippen LogP contribution < -0.4 is 10.1 Å². The number of aryl methyl sites for hydroxylation is 1. The second-order valence-corrected chi connectivity index (χ2v) is 5.89. The molecule has 0 aliphatic rings. The van der Waals surface area contributed by atoms with E-state index in [-0.39, 0.29) is 0 Å². The summed E-state index contributed by atoms with van der Waals surface area (Å²) >= 11 is 9.70. The largest absolute Gasteiger partial charge is 0.455 e. The molecule has 0 radical (unpaired) electrons. The van der Waals surface area contributed by atoms with Crippen molar-refractivity contribution >= 4 is 27.5 Å². The smallest absolute Gasteiger partial charge is 0.146 e. The van der Waals surface area contributed by atoms with E-state index in [4.69, 9.17) is 16.3 Å². The van der Waals surface area contributed by atoms with Gasteiger partial charge in [0.25, 0.3) is 0 Å². The molecular weight excluding hydrogens is 338 g/mol. The van der Waals surface area contributed by atoms with Gasteiger partial charge in [-0.25, -0.2) is 0 Å². The van der Waals surface area contributed by atoms with Crippen LogP contribution in [0, 0.1) is 6.92 Å². The standard InChI is InChI=1S/C16H17BrClNO/c1-3-19-10-12-5-6-13(17)9-16(12)20-15-7-4-11(2)8-14(15)18/h4-9,19H,3,10H2,1-2H3. The highest BCUT2D eigenvalue weighted by Gasteiger charge is 2.08. The van der Waals surface area contributed by atoms with E-state index >= 15 is 0 Å². The first-order chi connectivity index (χ1) is 9.60. The Labute approximate surface area is 133 Å². The highest BCUT2D eigenvalue weighted by Crippen LogP contribution is 2.33. The van der Waals surface area contributed by atoms with Gasteiger partial charge in [0.05, 0.1) is 5.02 Å². The predicted octanol–water partition coefficient (Wildman–Crippen LogP) is 5.31. The third kappa shape index (κ3) is 3.98. The number of ether oxygens (including phenoxy) is 1. The van der Waals surface area contributed by atoms with Gasteiger partial charge in [0, 0.05) is 16.6 Å². The molecule has 2 aromatic rings. The van der Waals surface area contributed by atoms with E-state index in [9.17, 15) is 0 Å². The van der Waals surface area contributed by atoms with E-state index in [1.165, 1.54) is 0 Å². The molecule has 0 fully saturated rings. The summed E-state index contributed by atoms with van der Waals surface area (Å²) in [6.45, 7) is 5.77. The van der Waals surface area contributed by atoms with Crippen LogP contribution in [0.1, 0.15) is 18.1 Å². The molecule has 0 aromatic heterocycles. The van der Waals surface area contributed by atoms with Crippen molar-refractivity contribution in [2.75, 3.05) is 6.54 Å². The van der Waals surface area contributed by atoms with Crippen LogP contribution in [0.3, 0.4) is 0 Å². The maximum Gasteiger partial charge on any atom is 0.146 e. The van der Waals surface area contributed by atoms with Crippen LogP contribution in [0.2, 0.25) is 5.02 Å². The van der Waals surface area contributed by atoms with Crippen LogP contribution >= 0.6 is 27.5 Å². The third-order valence-corrected chi connectivity index (χ3v) is 3.69. The second kappa shape index (κ2) is 7.11. The van der Waals surface area contributed by atoms with Crippen molar-refractivity contribution in [3.05, 3.63) is 57.0 Å². The Kier molecular flexibility index (Phi) is 5.46. The van der Waals surface area contributed by atoms with Gasteiger partial charge in [0.1, 0.15) is 11.5 Å². The maximum atomic E-state index is 6.22. The van der Waals surface area contributed by atoms with E-state index in [0.29, 0.717) is 10.8 Å². The Balaban J connectivity index is 2.29. The van der Waals surface area contributed by atoms with E-state index < -0.39 is 0 Å². The van der Waals surface area contributed by atoms with Gasteiger partial charge in [-0.05, 0) is 43.3 Å². The summed E-state index contributed by atoms with van der Waals surface area (Å²) in [5.74, 6) is 1.49. The Hall–Kier alpha value is -1.03. The minimum absolute atomic E-state index is 0.624. The SMILES string of the molecule is CCNCc1ccc(Br)cc1Oc1ccc(C)cc1Cl. The van der Waals surface area contributed by atoms with Gasteiger partial charge in [0.2, 0.25) is 0 Å². The summed E-state index contributed by atoms with van der Waals surface area (Å²) in [5.41, 5.74) is 2.22. The molecule has 0 amide bonds. The van der Waals surface area contributed by atoms with Crippen molar-refractivity contribution in [1.29, 1.82) is 0 Å². The maximum absolute atomic E-state index is 6.22. The summed E-state index contributed by atoms with van der Waals surface area (Å²) in [6, 6.07) is 11.8. The van der Waals surface area contributed by atoms with E-state index in [1.54, 1.807) is 0 Å². The lowest BCUT2D eigenvalue weighted by Crippen LogP contribution is -2.12. The van der Waals surface area contributed by atoms with Crippen molar-refractivity contribution in [1.82, 2.24) is 5.32 Å². The number of benzene rings is 2. The van der Waals surface area contributed by atoms with Crippen molar-refractivity contribution < 1.29 is 4.74 Å². The van der Waals surface area contributed by atoms with Crippen molar-refractivity contribution in [2.45, 2.75) is 20.4 Å². The molecule has 0 saturated heterocycles. The Morgan fingerprint density at radius 1 is 1.15 bits per heavy atom. The van der Waals surface area contributed by atoms with Crippen LogP contribution in [0.25, 0.3) is 0 Å². The number of hydrogen-bond acceptors (Lipinski definition) is 2. The average molecular weight is 355 g/mol. The second-order valence-electron chi connectivity index (χ2n) is 4.57. The molecule has 0 spiro atoms. The number of nitrogens with one attached hydrogen (secondary N) is 1. The summed E-state index contributed by atoms with van der Waals surface area (Å²) in [6.07, 6.45) is 0. The summed E-state index contributed by atoms with van der Waals surface area (Å²) in [4.78, 5) is 0. The number of rotatable bonds is 5. The zero-order chi connectivity index (χ0) is 14.5. The van der Waals surface area contributed by atoms with Crippen LogP contribution in [0.15, 0.2) is 40.9 Å². The van der Waals surface area contributed by atoms with Gasteiger partial charge in [-0.15, -0.1) is 0 Å². The molecule has 0 aliphatic heterocycles. The molecule has 2 rings (SSSR count). The lowest BCUT2D eigenvalue weighted by molar-refractivity contribution is 0.473. The topological polar surface area (TPSA) is 21.3 Å². The number of halogens is 2. The molecule has 0 heterocycles. The van der Waals surface area contributed by atoms with Crippen molar-refractivity contribution in [2.24, 2.45) is 0 Å². The highest BCUT2D eigenvalue weighted by atomic mass is 79.9. The number of hydrogen-bond donors (Lipinski definition) is 1. The molecule has 20 heavy (non-hydrogen) atoms. The molecule has 0 bridgehead atoms. The zero-order valence-electron chi connectivity index (χ0n) is 11.5. The molecule has 0 saturated carbocycles.